The molecule has 2 aliphatic heterocycles. The summed E-state index contributed by atoms with van der Waals surface area (Å²) in [5.74, 6) is 0.278. The summed E-state index contributed by atoms with van der Waals surface area (Å²) < 4.78 is 0. The molecule has 26 heavy (non-hydrogen) atoms. The third-order valence-corrected chi connectivity index (χ3v) is 6.16. The molecule has 1 aromatic rings. The molecule has 0 saturated carbocycles. The lowest BCUT2D eigenvalue weighted by Crippen LogP contribution is -2.37. The smallest absolute Gasteiger partial charge is 0.222 e. The van der Waals surface area contributed by atoms with Gasteiger partial charge in [-0.15, -0.1) is 0 Å². The fourth-order valence-corrected chi connectivity index (χ4v) is 4.38. The molecule has 0 aliphatic carbocycles. The highest BCUT2D eigenvalue weighted by molar-refractivity contribution is 5.75. The van der Waals surface area contributed by atoms with Crippen LogP contribution in [0.15, 0.2) is 24.3 Å². The highest BCUT2D eigenvalue weighted by Crippen LogP contribution is 2.21. The Morgan fingerprint density at radius 1 is 1.08 bits per heavy atom. The zero-order valence-electron chi connectivity index (χ0n) is 16.6. The number of nitrogens with zero attached hydrogens (tertiary/aromatic N) is 3. The van der Waals surface area contributed by atoms with Gasteiger partial charge < -0.3 is 9.80 Å². The Labute approximate surface area is 159 Å². The van der Waals surface area contributed by atoms with Crippen molar-refractivity contribution >= 4 is 5.91 Å². The Bertz CT molecular complexity index is 583. The summed E-state index contributed by atoms with van der Waals surface area (Å²) in [4.78, 5) is 19.5. The van der Waals surface area contributed by atoms with Crippen LogP contribution in [-0.4, -0.2) is 60.4 Å². The van der Waals surface area contributed by atoms with Crippen LogP contribution in [0.5, 0.6) is 0 Å². The van der Waals surface area contributed by atoms with E-state index in [2.05, 4.69) is 41.1 Å². The van der Waals surface area contributed by atoms with Crippen LogP contribution in [-0.2, 0) is 17.9 Å². The Hall–Kier alpha value is -1.39. The summed E-state index contributed by atoms with van der Waals surface area (Å²) in [6.07, 6.45) is 8.14. The Morgan fingerprint density at radius 3 is 2.50 bits per heavy atom. The molecule has 2 fully saturated rings. The Balaban J connectivity index is 1.51. The van der Waals surface area contributed by atoms with Crippen LogP contribution in [0.2, 0.25) is 0 Å². The van der Waals surface area contributed by atoms with Crippen LogP contribution in [0.1, 0.15) is 56.1 Å². The lowest BCUT2D eigenvalue weighted by molar-refractivity contribution is -0.130. The number of carbonyl (C=O) groups is 1. The molecule has 2 saturated heterocycles. The molecular formula is C22H35N3O. The minimum atomic E-state index is 0.278. The summed E-state index contributed by atoms with van der Waals surface area (Å²) in [6, 6.07) is 9.21. The van der Waals surface area contributed by atoms with Gasteiger partial charge in [0.1, 0.15) is 0 Å². The minimum absolute atomic E-state index is 0.278. The fourth-order valence-electron chi connectivity index (χ4n) is 4.38. The predicted molar refractivity (Wildman–Crippen MR) is 107 cm³/mol. The maximum absolute atomic E-state index is 12.6. The number of rotatable bonds is 7. The van der Waals surface area contributed by atoms with Crippen molar-refractivity contribution in [3.05, 3.63) is 35.4 Å². The van der Waals surface area contributed by atoms with Gasteiger partial charge in [0.25, 0.3) is 0 Å². The number of carbonyl (C=O) groups excluding carboxylic acids is 1. The van der Waals surface area contributed by atoms with E-state index >= 15 is 0 Å². The molecule has 0 N–H and O–H groups in total. The molecule has 0 unspecified atom stereocenters. The second-order valence-corrected chi connectivity index (χ2v) is 8.17. The predicted octanol–water partition coefficient (Wildman–Crippen LogP) is 3.51. The van der Waals surface area contributed by atoms with Crippen molar-refractivity contribution in [3.63, 3.8) is 0 Å². The number of piperidine rings is 1. The molecule has 4 nitrogen and oxygen atoms in total. The number of hydrogen-bond donors (Lipinski definition) is 0. The lowest BCUT2D eigenvalue weighted by atomic mass is 9.98. The molecule has 0 radical (unpaired) electrons. The zero-order valence-corrected chi connectivity index (χ0v) is 16.6. The first-order valence-corrected chi connectivity index (χ1v) is 10.4. The highest BCUT2D eigenvalue weighted by atomic mass is 16.2. The van der Waals surface area contributed by atoms with Gasteiger partial charge in [-0.25, -0.2) is 0 Å². The van der Waals surface area contributed by atoms with E-state index in [0.717, 1.165) is 19.5 Å². The number of hydrogen-bond acceptors (Lipinski definition) is 3. The zero-order chi connectivity index (χ0) is 18.4. The molecule has 1 amide bonds. The second kappa shape index (κ2) is 9.52. The average molecular weight is 358 g/mol. The van der Waals surface area contributed by atoms with E-state index < -0.39 is 0 Å². The van der Waals surface area contributed by atoms with Crippen molar-refractivity contribution in [1.82, 2.24) is 14.7 Å². The molecule has 1 atom stereocenters. The average Bonchev–Trinajstić information content (AvgIpc) is 3.15. The van der Waals surface area contributed by atoms with E-state index in [0.29, 0.717) is 12.5 Å². The molecule has 144 valence electrons. The van der Waals surface area contributed by atoms with Crippen molar-refractivity contribution in [2.45, 2.75) is 64.1 Å². The first-order chi connectivity index (χ1) is 12.6. The molecule has 2 aliphatic rings. The van der Waals surface area contributed by atoms with Gasteiger partial charge in [0, 0.05) is 32.6 Å². The quantitative estimate of drug-likeness (QED) is 0.747. The van der Waals surface area contributed by atoms with Crippen molar-refractivity contribution in [3.8, 4) is 0 Å². The van der Waals surface area contributed by atoms with Crippen LogP contribution in [0.4, 0.5) is 0 Å². The van der Waals surface area contributed by atoms with Crippen molar-refractivity contribution in [2.24, 2.45) is 0 Å². The van der Waals surface area contributed by atoms with Crippen LogP contribution in [0.25, 0.3) is 0 Å². The van der Waals surface area contributed by atoms with E-state index in [1.54, 1.807) is 0 Å². The molecule has 1 aromatic carbocycles. The molecule has 2 heterocycles. The monoisotopic (exact) mass is 357 g/mol. The summed E-state index contributed by atoms with van der Waals surface area (Å²) >= 11 is 0. The fraction of sp³-hybridized carbons (Fsp3) is 0.682. The molecule has 0 spiro atoms. The Morgan fingerprint density at radius 2 is 1.77 bits per heavy atom. The second-order valence-electron chi connectivity index (χ2n) is 8.17. The maximum Gasteiger partial charge on any atom is 0.222 e. The third-order valence-electron chi connectivity index (χ3n) is 6.16. The van der Waals surface area contributed by atoms with Crippen LogP contribution in [0.3, 0.4) is 0 Å². The van der Waals surface area contributed by atoms with Gasteiger partial charge in [0.05, 0.1) is 0 Å². The maximum atomic E-state index is 12.6. The standard InChI is InChI=1S/C22H35N3O/c1-23-14-6-5-11-21(23)12-13-22(26)24(2)17-19-9-3-4-10-20(19)18-25-15-7-8-16-25/h3-4,9-10,21H,5-8,11-18H2,1-2H3/t21-/m1/s1. The van der Waals surface area contributed by atoms with Gasteiger partial charge in [-0.05, 0) is 69.9 Å². The van der Waals surface area contributed by atoms with E-state index in [-0.39, 0.29) is 5.91 Å². The van der Waals surface area contributed by atoms with E-state index in [9.17, 15) is 4.79 Å². The number of amides is 1. The molecular weight excluding hydrogens is 322 g/mol. The molecule has 4 heteroatoms. The summed E-state index contributed by atoms with van der Waals surface area (Å²) in [6.45, 7) is 5.34. The molecule has 0 aromatic heterocycles. The lowest BCUT2D eigenvalue weighted by Gasteiger charge is -2.32. The van der Waals surface area contributed by atoms with Crippen molar-refractivity contribution in [2.75, 3.05) is 33.7 Å². The topological polar surface area (TPSA) is 26.8 Å². The van der Waals surface area contributed by atoms with E-state index in [4.69, 9.17) is 0 Å². The SMILES string of the molecule is CN(Cc1ccccc1CN1CCCC1)C(=O)CC[C@H]1CCCCN1C. The van der Waals surface area contributed by atoms with Crippen LogP contribution >= 0.6 is 0 Å². The first-order valence-electron chi connectivity index (χ1n) is 10.4. The largest absolute Gasteiger partial charge is 0.341 e. The van der Waals surface area contributed by atoms with Gasteiger partial charge >= 0.3 is 0 Å². The van der Waals surface area contributed by atoms with Gasteiger partial charge in [-0.2, -0.15) is 0 Å². The van der Waals surface area contributed by atoms with Crippen molar-refractivity contribution < 1.29 is 4.79 Å². The van der Waals surface area contributed by atoms with Gasteiger partial charge in [-0.1, -0.05) is 30.7 Å². The van der Waals surface area contributed by atoms with E-state index in [1.165, 1.54) is 62.9 Å². The third kappa shape index (κ3) is 5.31. The Kier molecular flexibility index (Phi) is 7.09. The van der Waals surface area contributed by atoms with Gasteiger partial charge in [0.2, 0.25) is 5.91 Å². The molecule has 3 rings (SSSR count). The normalized spacial score (nSPS) is 21.8. The molecule has 0 bridgehead atoms. The number of benzene rings is 1. The number of likely N-dealkylation sites (tertiary alicyclic amines) is 2. The van der Waals surface area contributed by atoms with Crippen LogP contribution in [0, 0.1) is 0 Å². The van der Waals surface area contributed by atoms with E-state index in [1.807, 2.05) is 11.9 Å². The van der Waals surface area contributed by atoms with Gasteiger partial charge in [-0.3, -0.25) is 9.69 Å². The van der Waals surface area contributed by atoms with Gasteiger partial charge in [0.15, 0.2) is 0 Å². The van der Waals surface area contributed by atoms with Crippen LogP contribution < -0.4 is 0 Å². The minimum Gasteiger partial charge on any atom is -0.341 e. The first kappa shape index (κ1) is 19.4. The summed E-state index contributed by atoms with van der Waals surface area (Å²) in [7, 11) is 4.16. The summed E-state index contributed by atoms with van der Waals surface area (Å²) in [5, 5.41) is 0. The summed E-state index contributed by atoms with van der Waals surface area (Å²) in [5.41, 5.74) is 2.67. The van der Waals surface area contributed by atoms with Crippen molar-refractivity contribution in [1.29, 1.82) is 0 Å². The highest BCUT2D eigenvalue weighted by Gasteiger charge is 2.21.